The van der Waals surface area contributed by atoms with Crippen LogP contribution in [0.25, 0.3) is 0 Å². The van der Waals surface area contributed by atoms with Gasteiger partial charge >= 0.3 is 0 Å². The average Bonchev–Trinajstić information content (AvgIpc) is 2.83. The molecule has 0 aromatic heterocycles. The van der Waals surface area contributed by atoms with Gasteiger partial charge in [0.15, 0.2) is 0 Å². The molecule has 0 saturated carbocycles. The summed E-state index contributed by atoms with van der Waals surface area (Å²) in [5, 5.41) is 9.79. The average molecular weight is 326 g/mol. The second-order valence-electron chi connectivity index (χ2n) is 7.01. The van der Waals surface area contributed by atoms with Crippen LogP contribution in [0, 0.1) is 30.6 Å². The van der Waals surface area contributed by atoms with Crippen LogP contribution in [0.15, 0.2) is 6.07 Å². The largest absolute Gasteiger partial charge is 0.392 e. The molecular formula is C21H26O3. The summed E-state index contributed by atoms with van der Waals surface area (Å²) in [6.07, 6.45) is 0. The first kappa shape index (κ1) is 18.6. The maximum atomic E-state index is 9.79. The van der Waals surface area contributed by atoms with Gasteiger partial charge in [-0.05, 0) is 58.2 Å². The fourth-order valence-corrected chi connectivity index (χ4v) is 2.91. The van der Waals surface area contributed by atoms with E-state index in [1.165, 1.54) is 5.56 Å². The van der Waals surface area contributed by atoms with Gasteiger partial charge in [0.25, 0.3) is 0 Å². The maximum Gasteiger partial charge on any atom is 0.124 e. The van der Waals surface area contributed by atoms with Crippen LogP contribution in [0.5, 0.6) is 0 Å². The second-order valence-corrected chi connectivity index (χ2v) is 7.01. The number of ether oxygens (including phenoxy) is 2. The van der Waals surface area contributed by atoms with Crippen molar-refractivity contribution in [3.8, 4) is 23.7 Å². The summed E-state index contributed by atoms with van der Waals surface area (Å²) < 4.78 is 11.7. The summed E-state index contributed by atoms with van der Waals surface area (Å²) in [4.78, 5) is 0. The molecule has 24 heavy (non-hydrogen) atoms. The summed E-state index contributed by atoms with van der Waals surface area (Å²) in [6.45, 7) is 12.7. The molecular weight excluding hydrogens is 300 g/mol. The summed E-state index contributed by atoms with van der Waals surface area (Å²) in [5.41, 5.74) is 4.07. The zero-order valence-corrected chi connectivity index (χ0v) is 15.5. The molecule has 1 aromatic rings. The van der Waals surface area contributed by atoms with E-state index in [1.54, 1.807) is 6.92 Å². The van der Waals surface area contributed by atoms with Crippen LogP contribution in [0.1, 0.15) is 62.4 Å². The Bertz CT molecular complexity index is 749. The number of aliphatic hydroxyl groups is 1. The number of aryl methyl sites for hydroxylation is 1. The third-order valence-electron chi connectivity index (χ3n) is 4.26. The third kappa shape index (κ3) is 3.82. The number of aliphatic hydroxyl groups excluding tert-OH is 1. The molecule has 3 nitrogen and oxygen atoms in total. The van der Waals surface area contributed by atoms with E-state index in [2.05, 4.69) is 30.6 Å². The summed E-state index contributed by atoms with van der Waals surface area (Å²) in [5.74, 6) is 12.1. The molecule has 0 fully saturated rings. The van der Waals surface area contributed by atoms with E-state index >= 15 is 0 Å². The first-order valence-electron chi connectivity index (χ1n) is 8.19. The van der Waals surface area contributed by atoms with E-state index in [0.29, 0.717) is 13.2 Å². The van der Waals surface area contributed by atoms with E-state index in [4.69, 9.17) is 9.47 Å². The van der Waals surface area contributed by atoms with Crippen molar-refractivity contribution in [1.82, 2.24) is 0 Å². The highest BCUT2D eigenvalue weighted by Crippen LogP contribution is 2.41. The Morgan fingerprint density at radius 1 is 1.38 bits per heavy atom. The van der Waals surface area contributed by atoms with Crippen molar-refractivity contribution in [1.29, 1.82) is 0 Å². The molecule has 1 heterocycles. The molecule has 0 atom stereocenters. The summed E-state index contributed by atoms with van der Waals surface area (Å²) in [7, 11) is 0. The Kier molecular flexibility index (Phi) is 5.41. The zero-order chi connectivity index (χ0) is 18.0. The maximum absolute atomic E-state index is 9.79. The molecule has 3 heteroatoms. The molecule has 0 unspecified atom stereocenters. The second kappa shape index (κ2) is 6.99. The van der Waals surface area contributed by atoms with E-state index in [9.17, 15) is 5.11 Å². The topological polar surface area (TPSA) is 38.7 Å². The highest BCUT2D eigenvalue weighted by molar-refractivity contribution is 5.57. The molecule has 1 N–H and O–H groups in total. The lowest BCUT2D eigenvalue weighted by Crippen LogP contribution is -2.22. The van der Waals surface area contributed by atoms with Crippen molar-refractivity contribution in [3.63, 3.8) is 0 Å². The zero-order valence-electron chi connectivity index (χ0n) is 15.5. The molecule has 1 aliphatic rings. The van der Waals surface area contributed by atoms with Crippen molar-refractivity contribution in [2.45, 2.75) is 66.0 Å². The SMILES string of the molecule is CC#CCOC(C)(C)C#Cc1c(CO)cc(C)c2c1C(C)(C)OC2. The van der Waals surface area contributed by atoms with Gasteiger partial charge in [-0.15, -0.1) is 5.92 Å². The quantitative estimate of drug-likeness (QED) is 0.865. The van der Waals surface area contributed by atoms with Gasteiger partial charge in [-0.2, -0.15) is 0 Å². The highest BCUT2D eigenvalue weighted by Gasteiger charge is 2.35. The third-order valence-corrected chi connectivity index (χ3v) is 4.26. The predicted octanol–water partition coefficient (Wildman–Crippen LogP) is 3.42. The Morgan fingerprint density at radius 2 is 2.08 bits per heavy atom. The van der Waals surface area contributed by atoms with Crippen LogP contribution in [0.4, 0.5) is 0 Å². The lowest BCUT2D eigenvalue weighted by molar-refractivity contribution is -0.00813. The lowest BCUT2D eigenvalue weighted by atomic mass is 9.86. The van der Waals surface area contributed by atoms with Gasteiger partial charge in [0, 0.05) is 11.1 Å². The number of rotatable bonds is 3. The summed E-state index contributed by atoms with van der Waals surface area (Å²) in [6, 6.07) is 2.00. The Morgan fingerprint density at radius 3 is 2.71 bits per heavy atom. The molecule has 0 spiro atoms. The number of hydrogen-bond donors (Lipinski definition) is 1. The van der Waals surface area contributed by atoms with Gasteiger partial charge < -0.3 is 14.6 Å². The van der Waals surface area contributed by atoms with Crippen LogP contribution < -0.4 is 0 Å². The highest BCUT2D eigenvalue weighted by atomic mass is 16.5. The van der Waals surface area contributed by atoms with E-state index in [1.807, 2.05) is 33.8 Å². The molecule has 2 rings (SSSR count). The first-order chi connectivity index (χ1) is 11.2. The van der Waals surface area contributed by atoms with Crippen LogP contribution in [-0.2, 0) is 28.3 Å². The van der Waals surface area contributed by atoms with Crippen LogP contribution >= 0.6 is 0 Å². The molecule has 0 saturated heterocycles. The Balaban J connectivity index is 2.50. The molecule has 0 radical (unpaired) electrons. The minimum atomic E-state index is -0.613. The standard InChI is InChI=1S/C21H26O3/c1-7-8-11-23-20(3,4)10-9-17-16(13-22)12-15(2)18-14-24-21(5,6)19(17)18/h12,22H,11,13-14H2,1-6H3. The minimum Gasteiger partial charge on any atom is -0.392 e. The van der Waals surface area contributed by atoms with E-state index < -0.39 is 11.2 Å². The number of benzene rings is 1. The predicted molar refractivity (Wildman–Crippen MR) is 95.3 cm³/mol. The number of hydrogen-bond acceptors (Lipinski definition) is 3. The van der Waals surface area contributed by atoms with Crippen molar-refractivity contribution in [3.05, 3.63) is 33.9 Å². The smallest absolute Gasteiger partial charge is 0.124 e. The van der Waals surface area contributed by atoms with Crippen LogP contribution in [-0.4, -0.2) is 17.3 Å². The van der Waals surface area contributed by atoms with Crippen molar-refractivity contribution < 1.29 is 14.6 Å². The van der Waals surface area contributed by atoms with Gasteiger partial charge in [-0.1, -0.05) is 23.8 Å². The molecule has 0 bridgehead atoms. The Hall–Kier alpha value is -1.78. The van der Waals surface area contributed by atoms with Gasteiger partial charge in [0.05, 0.1) is 18.8 Å². The molecule has 1 aromatic carbocycles. The van der Waals surface area contributed by atoms with Crippen molar-refractivity contribution >= 4 is 0 Å². The molecule has 0 amide bonds. The number of fused-ring (bicyclic) bond motifs is 1. The minimum absolute atomic E-state index is 0.0448. The van der Waals surface area contributed by atoms with Gasteiger partial charge in [0.1, 0.15) is 12.2 Å². The van der Waals surface area contributed by atoms with Crippen molar-refractivity contribution in [2.75, 3.05) is 6.61 Å². The first-order valence-corrected chi connectivity index (χ1v) is 8.19. The van der Waals surface area contributed by atoms with Crippen molar-refractivity contribution in [2.24, 2.45) is 0 Å². The molecule has 0 aliphatic carbocycles. The van der Waals surface area contributed by atoms with E-state index in [0.717, 1.165) is 22.3 Å². The van der Waals surface area contributed by atoms with Crippen LogP contribution in [0.2, 0.25) is 0 Å². The van der Waals surface area contributed by atoms with Gasteiger partial charge in [-0.25, -0.2) is 0 Å². The molecule has 128 valence electrons. The normalized spacial score (nSPS) is 15.1. The summed E-state index contributed by atoms with van der Waals surface area (Å²) >= 11 is 0. The Labute approximate surface area is 145 Å². The van der Waals surface area contributed by atoms with Crippen LogP contribution in [0.3, 0.4) is 0 Å². The van der Waals surface area contributed by atoms with Gasteiger partial charge in [-0.3, -0.25) is 0 Å². The monoisotopic (exact) mass is 326 g/mol. The fourth-order valence-electron chi connectivity index (χ4n) is 2.91. The fraction of sp³-hybridized carbons (Fsp3) is 0.524. The van der Waals surface area contributed by atoms with Gasteiger partial charge in [0.2, 0.25) is 0 Å². The lowest BCUT2D eigenvalue weighted by Gasteiger charge is -2.22. The van der Waals surface area contributed by atoms with E-state index in [-0.39, 0.29) is 6.61 Å². The molecule has 1 aliphatic heterocycles.